The van der Waals surface area contributed by atoms with Crippen molar-refractivity contribution in [3.8, 4) is 0 Å². The fourth-order valence-electron chi connectivity index (χ4n) is 0.670. The molecule has 0 aromatic heterocycles. The standard InChI is InChI=1S/C6H11O2/c1-2-4-7-6-8-5-3-1/h4H,1-3,5-6H2. The first-order chi connectivity index (χ1) is 4.00. The zero-order valence-corrected chi connectivity index (χ0v) is 4.93. The van der Waals surface area contributed by atoms with Crippen molar-refractivity contribution in [3.05, 3.63) is 6.61 Å². The van der Waals surface area contributed by atoms with Gasteiger partial charge in [0.15, 0.2) is 0 Å². The fourth-order valence-corrected chi connectivity index (χ4v) is 0.670. The number of hydrogen-bond donors (Lipinski definition) is 0. The third kappa shape index (κ3) is 2.28. The molecule has 0 bridgehead atoms. The Bertz CT molecular complexity index is 30.5. The second-order valence-electron chi connectivity index (χ2n) is 1.86. The highest BCUT2D eigenvalue weighted by atomic mass is 16.7. The van der Waals surface area contributed by atoms with E-state index in [1.165, 1.54) is 12.8 Å². The summed E-state index contributed by atoms with van der Waals surface area (Å²) in [7, 11) is 0. The number of ether oxygens (including phenoxy) is 2. The van der Waals surface area contributed by atoms with Crippen LogP contribution in [0.1, 0.15) is 19.3 Å². The van der Waals surface area contributed by atoms with Crippen LogP contribution in [-0.4, -0.2) is 13.4 Å². The van der Waals surface area contributed by atoms with E-state index < -0.39 is 0 Å². The van der Waals surface area contributed by atoms with Gasteiger partial charge in [0.05, 0.1) is 6.61 Å². The first kappa shape index (κ1) is 6.05. The largest absolute Gasteiger partial charge is 0.355 e. The van der Waals surface area contributed by atoms with E-state index in [2.05, 4.69) is 0 Å². The molecule has 47 valence electrons. The van der Waals surface area contributed by atoms with Gasteiger partial charge < -0.3 is 9.47 Å². The Morgan fingerprint density at radius 3 is 3.25 bits per heavy atom. The van der Waals surface area contributed by atoms with Gasteiger partial charge >= 0.3 is 0 Å². The molecule has 0 N–H and O–H groups in total. The van der Waals surface area contributed by atoms with Crippen LogP contribution in [0.2, 0.25) is 0 Å². The lowest BCUT2D eigenvalue weighted by Gasteiger charge is -2.08. The van der Waals surface area contributed by atoms with Crippen LogP contribution in [0.4, 0.5) is 0 Å². The topological polar surface area (TPSA) is 18.5 Å². The van der Waals surface area contributed by atoms with Crippen LogP contribution < -0.4 is 0 Å². The Hall–Kier alpha value is -0.0800. The first-order valence-corrected chi connectivity index (χ1v) is 3.01. The lowest BCUT2D eigenvalue weighted by Crippen LogP contribution is -2.03. The minimum atomic E-state index is 0.444. The summed E-state index contributed by atoms with van der Waals surface area (Å²) in [5, 5.41) is 0. The quantitative estimate of drug-likeness (QED) is 0.474. The molecule has 1 fully saturated rings. The van der Waals surface area contributed by atoms with Crippen LogP contribution in [0.15, 0.2) is 0 Å². The van der Waals surface area contributed by atoms with Crippen LogP contribution in [0.3, 0.4) is 0 Å². The molecule has 0 aromatic carbocycles. The van der Waals surface area contributed by atoms with Gasteiger partial charge in [-0.2, -0.15) is 0 Å². The Balaban J connectivity index is 2.00. The van der Waals surface area contributed by atoms with E-state index >= 15 is 0 Å². The van der Waals surface area contributed by atoms with E-state index in [-0.39, 0.29) is 0 Å². The van der Waals surface area contributed by atoms with Gasteiger partial charge in [-0.15, -0.1) is 0 Å². The molecule has 1 aliphatic rings. The maximum Gasteiger partial charge on any atom is 0.147 e. The smallest absolute Gasteiger partial charge is 0.147 e. The van der Waals surface area contributed by atoms with Gasteiger partial charge in [0.2, 0.25) is 0 Å². The summed E-state index contributed by atoms with van der Waals surface area (Å²) in [5.41, 5.74) is 0. The molecule has 0 aromatic rings. The highest BCUT2D eigenvalue weighted by molar-refractivity contribution is 4.51. The Kier molecular flexibility index (Phi) is 2.92. The predicted molar refractivity (Wildman–Crippen MR) is 30.1 cm³/mol. The van der Waals surface area contributed by atoms with Gasteiger partial charge in [-0.3, -0.25) is 0 Å². The average Bonchev–Trinajstić information content (AvgIpc) is 1.62. The third-order valence-corrected chi connectivity index (χ3v) is 1.13. The molecule has 1 saturated heterocycles. The lowest BCUT2D eigenvalue weighted by atomic mass is 10.2. The molecule has 0 unspecified atom stereocenters. The third-order valence-electron chi connectivity index (χ3n) is 1.13. The molecule has 0 spiro atoms. The molecule has 2 heteroatoms. The average molecular weight is 115 g/mol. The summed E-state index contributed by atoms with van der Waals surface area (Å²) in [6.07, 6.45) is 3.43. The maximum absolute atomic E-state index is 5.02. The van der Waals surface area contributed by atoms with Gasteiger partial charge in [-0.25, -0.2) is 0 Å². The molecule has 1 rings (SSSR count). The summed E-state index contributed by atoms with van der Waals surface area (Å²) < 4.78 is 9.95. The predicted octanol–water partition coefficient (Wildman–Crippen LogP) is 1.32. The minimum Gasteiger partial charge on any atom is -0.355 e. The lowest BCUT2D eigenvalue weighted by molar-refractivity contribution is -0.0403. The van der Waals surface area contributed by atoms with Gasteiger partial charge in [-0.1, -0.05) is 0 Å². The van der Waals surface area contributed by atoms with Gasteiger partial charge in [-0.05, 0) is 19.3 Å². The van der Waals surface area contributed by atoms with E-state index in [0.717, 1.165) is 13.0 Å². The van der Waals surface area contributed by atoms with Crippen LogP contribution >= 0.6 is 0 Å². The molecular weight excluding hydrogens is 104 g/mol. The van der Waals surface area contributed by atoms with E-state index in [4.69, 9.17) is 9.47 Å². The summed E-state index contributed by atoms with van der Waals surface area (Å²) in [6.45, 7) is 3.12. The molecule has 0 saturated carbocycles. The normalized spacial score (nSPS) is 24.0. The minimum absolute atomic E-state index is 0.444. The van der Waals surface area contributed by atoms with Crippen molar-refractivity contribution in [2.45, 2.75) is 19.3 Å². The van der Waals surface area contributed by atoms with Crippen molar-refractivity contribution in [1.29, 1.82) is 0 Å². The Labute approximate surface area is 49.8 Å². The number of hydrogen-bond acceptors (Lipinski definition) is 2. The molecule has 1 aliphatic heterocycles. The Morgan fingerprint density at radius 2 is 2.25 bits per heavy atom. The van der Waals surface area contributed by atoms with Crippen LogP contribution in [-0.2, 0) is 9.47 Å². The Morgan fingerprint density at radius 1 is 1.25 bits per heavy atom. The molecular formula is C6H11O2. The summed E-state index contributed by atoms with van der Waals surface area (Å²) >= 11 is 0. The fraction of sp³-hybridized carbons (Fsp3) is 0.833. The van der Waals surface area contributed by atoms with Crippen molar-refractivity contribution in [2.75, 3.05) is 13.4 Å². The second kappa shape index (κ2) is 3.87. The zero-order valence-electron chi connectivity index (χ0n) is 4.93. The van der Waals surface area contributed by atoms with Crippen LogP contribution in [0.25, 0.3) is 0 Å². The van der Waals surface area contributed by atoms with E-state index in [1.54, 1.807) is 0 Å². The van der Waals surface area contributed by atoms with Gasteiger partial charge in [0, 0.05) is 6.61 Å². The molecule has 0 atom stereocenters. The maximum atomic E-state index is 5.02. The van der Waals surface area contributed by atoms with E-state index in [0.29, 0.717) is 6.79 Å². The SMILES string of the molecule is [CH]1CCCCOCO1. The van der Waals surface area contributed by atoms with Crippen molar-refractivity contribution >= 4 is 0 Å². The highest BCUT2D eigenvalue weighted by Crippen LogP contribution is 2.03. The zero-order chi connectivity index (χ0) is 5.66. The van der Waals surface area contributed by atoms with E-state index in [9.17, 15) is 0 Å². The van der Waals surface area contributed by atoms with Crippen molar-refractivity contribution < 1.29 is 9.47 Å². The summed E-state index contributed by atoms with van der Waals surface area (Å²) in [6, 6.07) is 0. The van der Waals surface area contributed by atoms with Crippen LogP contribution in [0.5, 0.6) is 0 Å². The summed E-state index contributed by atoms with van der Waals surface area (Å²) in [4.78, 5) is 0. The van der Waals surface area contributed by atoms with E-state index in [1.807, 2.05) is 6.61 Å². The molecule has 0 amide bonds. The van der Waals surface area contributed by atoms with Crippen LogP contribution in [0, 0.1) is 6.61 Å². The molecule has 2 nitrogen and oxygen atoms in total. The number of rotatable bonds is 0. The van der Waals surface area contributed by atoms with Crippen molar-refractivity contribution in [3.63, 3.8) is 0 Å². The highest BCUT2D eigenvalue weighted by Gasteiger charge is 1.95. The monoisotopic (exact) mass is 115 g/mol. The van der Waals surface area contributed by atoms with Gasteiger partial charge in [0.1, 0.15) is 6.79 Å². The van der Waals surface area contributed by atoms with Gasteiger partial charge in [0.25, 0.3) is 0 Å². The molecule has 0 aliphatic carbocycles. The second-order valence-corrected chi connectivity index (χ2v) is 1.86. The molecule has 8 heavy (non-hydrogen) atoms. The summed E-state index contributed by atoms with van der Waals surface area (Å²) in [5.74, 6) is 0. The first-order valence-electron chi connectivity index (χ1n) is 3.01. The van der Waals surface area contributed by atoms with Crippen molar-refractivity contribution in [2.24, 2.45) is 0 Å². The molecule has 1 radical (unpaired) electrons. The van der Waals surface area contributed by atoms with Crippen molar-refractivity contribution in [1.82, 2.24) is 0 Å². The molecule has 1 heterocycles.